The molecule has 25 heavy (non-hydrogen) atoms. The number of nitrogens with zero attached hydrogens (tertiary/aromatic N) is 1. The smallest absolute Gasteiger partial charge is 0.220 e. The van der Waals surface area contributed by atoms with Crippen LogP contribution in [0.3, 0.4) is 0 Å². The van der Waals surface area contributed by atoms with Crippen LogP contribution in [0, 0.1) is 0 Å². The molecule has 134 valence electrons. The summed E-state index contributed by atoms with van der Waals surface area (Å²) < 4.78 is 11.0. The van der Waals surface area contributed by atoms with Crippen molar-refractivity contribution in [2.45, 2.75) is 18.9 Å². The maximum Gasteiger partial charge on any atom is 0.220 e. The topological polar surface area (TPSA) is 54.7 Å². The van der Waals surface area contributed by atoms with Gasteiger partial charge < -0.3 is 14.5 Å². The number of nitrogens with one attached hydrogen (secondary N) is 1. The van der Waals surface area contributed by atoms with Gasteiger partial charge in [0.15, 0.2) is 0 Å². The van der Waals surface area contributed by atoms with E-state index in [4.69, 9.17) is 20.8 Å². The predicted octanol–water partition coefficient (Wildman–Crippen LogP) is 3.06. The minimum absolute atomic E-state index is 0.0322. The van der Waals surface area contributed by atoms with Crippen LogP contribution in [-0.4, -0.2) is 43.7 Å². The number of morpholine rings is 1. The molecule has 1 aromatic heterocycles. The van der Waals surface area contributed by atoms with Crippen LogP contribution in [0.1, 0.15) is 23.8 Å². The molecule has 6 heteroatoms. The summed E-state index contributed by atoms with van der Waals surface area (Å²) in [5.41, 5.74) is 1.07. The molecule has 1 N–H and O–H groups in total. The number of amides is 1. The molecule has 1 amide bonds. The van der Waals surface area contributed by atoms with Gasteiger partial charge in [0.2, 0.25) is 5.91 Å². The molecule has 2 aromatic rings. The standard InChI is InChI=1S/C19H23ClN2O3/c20-16-4-1-3-15(13-16)6-7-19(23)21-14-17(18-5-2-10-25-18)22-8-11-24-12-9-22/h1-5,10,13,17H,6-9,11-12,14H2,(H,21,23). The van der Waals surface area contributed by atoms with E-state index in [9.17, 15) is 4.79 Å². The van der Waals surface area contributed by atoms with Crippen LogP contribution in [0.5, 0.6) is 0 Å². The number of furan rings is 1. The van der Waals surface area contributed by atoms with Crippen LogP contribution in [0.4, 0.5) is 0 Å². The molecule has 1 fully saturated rings. The number of hydrogen-bond donors (Lipinski definition) is 1. The fourth-order valence-electron chi connectivity index (χ4n) is 3.03. The zero-order valence-electron chi connectivity index (χ0n) is 14.1. The van der Waals surface area contributed by atoms with Gasteiger partial charge in [0.25, 0.3) is 0 Å². The van der Waals surface area contributed by atoms with Crippen molar-refractivity contribution in [3.05, 3.63) is 59.0 Å². The van der Waals surface area contributed by atoms with Crippen molar-refractivity contribution < 1.29 is 13.9 Å². The number of ether oxygens (including phenoxy) is 1. The van der Waals surface area contributed by atoms with E-state index >= 15 is 0 Å². The Morgan fingerprint density at radius 1 is 1.24 bits per heavy atom. The van der Waals surface area contributed by atoms with Gasteiger partial charge in [-0.25, -0.2) is 0 Å². The molecule has 0 saturated carbocycles. The molecule has 0 radical (unpaired) electrons. The summed E-state index contributed by atoms with van der Waals surface area (Å²) in [6.45, 7) is 3.62. The highest BCUT2D eigenvalue weighted by Gasteiger charge is 2.25. The lowest BCUT2D eigenvalue weighted by Gasteiger charge is -2.33. The van der Waals surface area contributed by atoms with Gasteiger partial charge in [-0.2, -0.15) is 0 Å². The van der Waals surface area contributed by atoms with Gasteiger partial charge in [-0.3, -0.25) is 9.69 Å². The molecule has 0 bridgehead atoms. The normalized spacial score (nSPS) is 16.5. The maximum absolute atomic E-state index is 12.2. The molecule has 1 unspecified atom stereocenters. The summed E-state index contributed by atoms with van der Waals surface area (Å²) in [4.78, 5) is 14.5. The van der Waals surface area contributed by atoms with Crippen molar-refractivity contribution in [1.29, 1.82) is 0 Å². The monoisotopic (exact) mass is 362 g/mol. The molecule has 1 aliphatic rings. The maximum atomic E-state index is 12.2. The van der Waals surface area contributed by atoms with Gasteiger partial charge >= 0.3 is 0 Å². The number of carbonyl (C=O) groups excluding carboxylic acids is 1. The second-order valence-corrected chi connectivity index (χ2v) is 6.55. The molecular weight excluding hydrogens is 340 g/mol. The van der Waals surface area contributed by atoms with Gasteiger partial charge in [0, 0.05) is 31.1 Å². The molecule has 1 aromatic carbocycles. The van der Waals surface area contributed by atoms with E-state index in [1.54, 1.807) is 6.26 Å². The van der Waals surface area contributed by atoms with Crippen LogP contribution >= 0.6 is 11.6 Å². The Kier molecular flexibility index (Phi) is 6.50. The number of aryl methyl sites for hydroxylation is 1. The number of carbonyl (C=O) groups is 1. The third kappa shape index (κ3) is 5.33. The summed E-state index contributed by atoms with van der Waals surface area (Å²) in [5.74, 6) is 0.904. The number of halogens is 1. The highest BCUT2D eigenvalue weighted by Crippen LogP contribution is 2.21. The van der Waals surface area contributed by atoms with Gasteiger partial charge in [-0.15, -0.1) is 0 Å². The third-order valence-corrected chi connectivity index (χ3v) is 4.62. The van der Waals surface area contributed by atoms with E-state index in [1.165, 1.54) is 0 Å². The Labute approximate surface area is 152 Å². The highest BCUT2D eigenvalue weighted by molar-refractivity contribution is 6.30. The van der Waals surface area contributed by atoms with Crippen LogP contribution in [0.25, 0.3) is 0 Å². The first-order valence-electron chi connectivity index (χ1n) is 8.59. The fraction of sp³-hybridized carbons (Fsp3) is 0.421. The summed E-state index contributed by atoms with van der Waals surface area (Å²) in [7, 11) is 0. The van der Waals surface area contributed by atoms with Gasteiger partial charge in [-0.05, 0) is 36.2 Å². The zero-order chi connectivity index (χ0) is 17.5. The Morgan fingerprint density at radius 2 is 2.08 bits per heavy atom. The molecule has 3 rings (SSSR count). The lowest BCUT2D eigenvalue weighted by atomic mass is 10.1. The van der Waals surface area contributed by atoms with Crippen LogP contribution in [-0.2, 0) is 16.0 Å². The number of hydrogen-bond acceptors (Lipinski definition) is 4. The second kappa shape index (κ2) is 9.04. The quantitative estimate of drug-likeness (QED) is 0.822. The number of rotatable bonds is 7. The number of benzene rings is 1. The molecule has 0 spiro atoms. The summed E-state index contributed by atoms with van der Waals surface area (Å²) in [6.07, 6.45) is 2.79. The lowest BCUT2D eigenvalue weighted by molar-refractivity contribution is -0.121. The van der Waals surface area contributed by atoms with E-state index in [2.05, 4.69) is 10.2 Å². The average molecular weight is 363 g/mol. The minimum atomic E-state index is 0.0322. The van der Waals surface area contributed by atoms with Crippen molar-refractivity contribution >= 4 is 17.5 Å². The SMILES string of the molecule is O=C(CCc1cccc(Cl)c1)NCC(c1ccco1)N1CCOCC1. The molecular formula is C19H23ClN2O3. The van der Waals surface area contributed by atoms with E-state index in [0.29, 0.717) is 37.6 Å². The van der Waals surface area contributed by atoms with Crippen LogP contribution in [0.2, 0.25) is 5.02 Å². The van der Waals surface area contributed by atoms with E-state index < -0.39 is 0 Å². The van der Waals surface area contributed by atoms with E-state index in [1.807, 2.05) is 36.4 Å². The first-order valence-corrected chi connectivity index (χ1v) is 8.96. The highest BCUT2D eigenvalue weighted by atomic mass is 35.5. The van der Waals surface area contributed by atoms with Crippen molar-refractivity contribution in [3.8, 4) is 0 Å². The Bertz CT molecular complexity index is 669. The molecule has 0 aliphatic carbocycles. The third-order valence-electron chi connectivity index (χ3n) is 4.38. The second-order valence-electron chi connectivity index (χ2n) is 6.11. The molecule has 1 atom stereocenters. The minimum Gasteiger partial charge on any atom is -0.468 e. The van der Waals surface area contributed by atoms with E-state index in [-0.39, 0.29) is 11.9 Å². The molecule has 2 heterocycles. The zero-order valence-corrected chi connectivity index (χ0v) is 14.9. The molecule has 1 saturated heterocycles. The van der Waals surface area contributed by atoms with Crippen molar-refractivity contribution in [1.82, 2.24) is 10.2 Å². The van der Waals surface area contributed by atoms with Crippen molar-refractivity contribution in [2.75, 3.05) is 32.8 Å². The van der Waals surface area contributed by atoms with Crippen molar-refractivity contribution in [3.63, 3.8) is 0 Å². The van der Waals surface area contributed by atoms with Crippen LogP contribution < -0.4 is 5.32 Å². The van der Waals surface area contributed by atoms with Crippen molar-refractivity contribution in [2.24, 2.45) is 0 Å². The van der Waals surface area contributed by atoms with Gasteiger partial charge in [0.1, 0.15) is 5.76 Å². The van der Waals surface area contributed by atoms with E-state index in [0.717, 1.165) is 24.4 Å². The predicted molar refractivity (Wildman–Crippen MR) is 96.6 cm³/mol. The van der Waals surface area contributed by atoms with Gasteiger partial charge in [0.05, 0.1) is 25.5 Å². The first-order chi connectivity index (χ1) is 12.2. The Hall–Kier alpha value is -1.82. The first kappa shape index (κ1) is 18.0. The fourth-order valence-corrected chi connectivity index (χ4v) is 3.24. The molecule has 5 nitrogen and oxygen atoms in total. The Balaban J connectivity index is 1.52. The van der Waals surface area contributed by atoms with Gasteiger partial charge in [-0.1, -0.05) is 23.7 Å². The largest absolute Gasteiger partial charge is 0.468 e. The summed E-state index contributed by atoms with van der Waals surface area (Å²) in [5, 5.41) is 3.74. The van der Waals surface area contributed by atoms with Crippen LogP contribution in [0.15, 0.2) is 47.1 Å². The molecule has 1 aliphatic heterocycles. The lowest BCUT2D eigenvalue weighted by Crippen LogP contribution is -2.43. The summed E-state index contributed by atoms with van der Waals surface area (Å²) >= 11 is 5.98. The summed E-state index contributed by atoms with van der Waals surface area (Å²) in [6, 6.07) is 11.5. The average Bonchev–Trinajstić information content (AvgIpc) is 3.15. The Morgan fingerprint density at radius 3 is 2.80 bits per heavy atom.